The second-order valence-electron chi connectivity index (χ2n) is 8.22. The number of nitrogens with two attached hydrogens (primary N) is 1. The van der Waals surface area contributed by atoms with E-state index in [4.69, 9.17) is 15.7 Å². The maximum Gasteiger partial charge on any atom is 0.258 e. The van der Waals surface area contributed by atoms with E-state index in [0.717, 1.165) is 25.0 Å². The highest BCUT2D eigenvalue weighted by molar-refractivity contribution is 6.27. The van der Waals surface area contributed by atoms with Crippen molar-refractivity contribution < 1.29 is 18.3 Å². The van der Waals surface area contributed by atoms with Crippen LogP contribution in [0.3, 0.4) is 0 Å². The molecule has 0 spiro atoms. The van der Waals surface area contributed by atoms with Crippen molar-refractivity contribution in [2.75, 3.05) is 27.2 Å². The number of ether oxygens (including phenoxy) is 1. The summed E-state index contributed by atoms with van der Waals surface area (Å²) in [5, 5.41) is 12.5. The molecule has 0 aliphatic carbocycles. The average Bonchev–Trinajstić information content (AvgIpc) is 2.81. The molecular weight excluding hydrogens is 428 g/mol. The number of piperidine rings is 1. The smallest absolute Gasteiger partial charge is 0.258 e. The van der Waals surface area contributed by atoms with E-state index in [9.17, 15) is 13.6 Å². The molecule has 0 radical (unpaired) electrons. The molecular formula is C24H25F2N5O2. The Hall–Kier alpha value is -3.48. The molecule has 2 heterocycles. The van der Waals surface area contributed by atoms with Gasteiger partial charge in [0.05, 0.1) is 30.0 Å². The van der Waals surface area contributed by atoms with Gasteiger partial charge < -0.3 is 20.7 Å². The highest BCUT2D eigenvalue weighted by Crippen LogP contribution is 2.35. The molecule has 2 aliphatic heterocycles. The van der Waals surface area contributed by atoms with Crippen molar-refractivity contribution in [3.05, 3.63) is 64.7 Å². The maximum atomic E-state index is 14.5. The van der Waals surface area contributed by atoms with Gasteiger partial charge in [0, 0.05) is 26.2 Å². The van der Waals surface area contributed by atoms with Crippen LogP contribution in [0.4, 0.5) is 8.78 Å². The Morgan fingerprint density at radius 3 is 2.27 bits per heavy atom. The molecule has 33 heavy (non-hydrogen) atoms. The highest BCUT2D eigenvalue weighted by atomic mass is 19.1. The van der Waals surface area contributed by atoms with Crippen LogP contribution in [0.5, 0.6) is 5.75 Å². The summed E-state index contributed by atoms with van der Waals surface area (Å²) in [6.45, 7) is 1.41. The first-order valence-electron chi connectivity index (χ1n) is 10.7. The first-order valence-corrected chi connectivity index (χ1v) is 10.7. The number of likely N-dealkylation sites (tertiary alicyclic amines) is 1. The van der Waals surface area contributed by atoms with Crippen LogP contribution in [-0.2, 0) is 4.79 Å². The Balaban J connectivity index is 1.84. The molecule has 1 atom stereocenters. The molecule has 0 bridgehead atoms. The van der Waals surface area contributed by atoms with E-state index in [1.165, 1.54) is 12.0 Å². The lowest BCUT2D eigenvalue weighted by atomic mass is 9.95. The Labute approximate surface area is 191 Å². The first-order chi connectivity index (χ1) is 15.8. The standard InChI is InChI=1S/C24H25F2N5O2/c1-30-23(32)20(16-11-18(25)22(33-2)19(26)12-16)21(15-5-3-14(13-27)4-6-15)29-24(30)31-9-7-17(28)8-10-31/h3-6,11-12,17,24,29H,7-10,28H2,1-2H3. The normalized spacial score (nSPS) is 19.9. The van der Waals surface area contributed by atoms with E-state index in [1.54, 1.807) is 31.3 Å². The van der Waals surface area contributed by atoms with E-state index in [-0.39, 0.29) is 23.1 Å². The van der Waals surface area contributed by atoms with Gasteiger partial charge in [-0.15, -0.1) is 0 Å². The third-order valence-corrected chi connectivity index (χ3v) is 6.14. The summed E-state index contributed by atoms with van der Waals surface area (Å²) in [5.74, 6) is -2.69. The molecule has 2 aromatic carbocycles. The van der Waals surface area contributed by atoms with Gasteiger partial charge in [-0.1, -0.05) is 12.1 Å². The number of rotatable bonds is 4. The van der Waals surface area contributed by atoms with Crippen LogP contribution in [-0.4, -0.2) is 55.3 Å². The summed E-state index contributed by atoms with van der Waals surface area (Å²) in [4.78, 5) is 17.2. The van der Waals surface area contributed by atoms with Crippen LogP contribution >= 0.6 is 0 Å². The number of nitriles is 1. The summed E-state index contributed by atoms with van der Waals surface area (Å²) in [6, 6.07) is 11.1. The fraction of sp³-hybridized carbons (Fsp3) is 0.333. The van der Waals surface area contributed by atoms with Crippen LogP contribution in [0, 0.1) is 23.0 Å². The summed E-state index contributed by atoms with van der Waals surface area (Å²) in [5.41, 5.74) is 7.79. The van der Waals surface area contributed by atoms with Crippen LogP contribution in [0.15, 0.2) is 36.4 Å². The minimum absolute atomic E-state index is 0.0913. The average molecular weight is 453 g/mol. The lowest BCUT2D eigenvalue weighted by Gasteiger charge is -2.45. The number of hydrogen-bond donors (Lipinski definition) is 2. The number of likely N-dealkylation sites (N-methyl/N-ethyl adjacent to an activating group) is 1. The highest BCUT2D eigenvalue weighted by Gasteiger charge is 2.37. The lowest BCUT2D eigenvalue weighted by molar-refractivity contribution is -0.131. The van der Waals surface area contributed by atoms with Crippen LogP contribution in [0.2, 0.25) is 0 Å². The molecule has 7 nitrogen and oxygen atoms in total. The number of carbonyl (C=O) groups excluding carboxylic acids is 1. The van der Waals surface area contributed by atoms with Gasteiger partial charge in [0.15, 0.2) is 23.7 Å². The Morgan fingerprint density at radius 1 is 1.12 bits per heavy atom. The second-order valence-corrected chi connectivity index (χ2v) is 8.22. The van der Waals surface area contributed by atoms with E-state index in [2.05, 4.69) is 16.3 Å². The zero-order valence-electron chi connectivity index (χ0n) is 18.4. The number of amides is 1. The van der Waals surface area contributed by atoms with Crippen molar-refractivity contribution >= 4 is 17.2 Å². The topological polar surface area (TPSA) is 94.6 Å². The van der Waals surface area contributed by atoms with Crippen molar-refractivity contribution in [3.63, 3.8) is 0 Å². The number of benzene rings is 2. The quantitative estimate of drug-likeness (QED) is 0.739. The van der Waals surface area contributed by atoms with Gasteiger partial charge in [0.1, 0.15) is 0 Å². The Bertz CT molecular complexity index is 1110. The molecule has 1 fully saturated rings. The van der Waals surface area contributed by atoms with Gasteiger partial charge in [0.2, 0.25) is 0 Å². The van der Waals surface area contributed by atoms with Crippen molar-refractivity contribution in [1.29, 1.82) is 5.26 Å². The number of carbonyl (C=O) groups is 1. The predicted octanol–water partition coefficient (Wildman–Crippen LogP) is 2.48. The van der Waals surface area contributed by atoms with Crippen molar-refractivity contribution in [2.24, 2.45) is 5.73 Å². The lowest BCUT2D eigenvalue weighted by Crippen LogP contribution is -2.61. The molecule has 1 unspecified atom stereocenters. The fourth-order valence-corrected chi connectivity index (χ4v) is 4.30. The van der Waals surface area contributed by atoms with Gasteiger partial charge in [0.25, 0.3) is 5.91 Å². The van der Waals surface area contributed by atoms with Crippen molar-refractivity contribution in [1.82, 2.24) is 15.1 Å². The summed E-state index contributed by atoms with van der Waals surface area (Å²) >= 11 is 0. The maximum absolute atomic E-state index is 14.5. The molecule has 1 saturated heterocycles. The number of hydrogen-bond acceptors (Lipinski definition) is 6. The fourth-order valence-electron chi connectivity index (χ4n) is 4.30. The molecule has 2 aliphatic rings. The number of methoxy groups -OCH3 is 1. The first kappa shape index (κ1) is 22.7. The summed E-state index contributed by atoms with van der Waals surface area (Å²) < 4.78 is 33.9. The second kappa shape index (κ2) is 9.17. The summed E-state index contributed by atoms with van der Waals surface area (Å²) in [7, 11) is 2.83. The minimum atomic E-state index is -0.901. The number of halogens is 2. The molecule has 172 valence electrons. The van der Waals surface area contributed by atoms with E-state index < -0.39 is 23.7 Å². The monoisotopic (exact) mass is 453 g/mol. The van der Waals surface area contributed by atoms with Gasteiger partial charge in [-0.05, 0) is 48.2 Å². The van der Waals surface area contributed by atoms with Crippen LogP contribution < -0.4 is 15.8 Å². The minimum Gasteiger partial charge on any atom is -0.491 e. The van der Waals surface area contributed by atoms with Crippen molar-refractivity contribution in [2.45, 2.75) is 25.2 Å². The number of nitrogens with zero attached hydrogens (tertiary/aromatic N) is 3. The third kappa shape index (κ3) is 4.27. The molecule has 4 rings (SSSR count). The van der Waals surface area contributed by atoms with Gasteiger partial charge in [-0.2, -0.15) is 5.26 Å². The zero-order chi connectivity index (χ0) is 23.7. The SMILES string of the molecule is COc1c(F)cc(C2=C(c3ccc(C#N)cc3)NC(N3CCC(N)CC3)N(C)C2=O)cc1F. The number of nitrogens with one attached hydrogen (secondary N) is 1. The Morgan fingerprint density at radius 2 is 1.73 bits per heavy atom. The zero-order valence-corrected chi connectivity index (χ0v) is 18.4. The predicted molar refractivity (Wildman–Crippen MR) is 119 cm³/mol. The molecule has 0 saturated carbocycles. The molecule has 1 amide bonds. The largest absolute Gasteiger partial charge is 0.491 e. The van der Waals surface area contributed by atoms with Crippen LogP contribution in [0.1, 0.15) is 29.5 Å². The van der Waals surface area contributed by atoms with Crippen molar-refractivity contribution in [3.8, 4) is 11.8 Å². The summed E-state index contributed by atoms with van der Waals surface area (Å²) in [6.07, 6.45) is 1.16. The molecule has 0 aromatic heterocycles. The molecule has 9 heteroatoms. The molecule has 2 aromatic rings. The van der Waals surface area contributed by atoms with Gasteiger partial charge in [-0.3, -0.25) is 9.69 Å². The molecule has 3 N–H and O–H groups in total. The van der Waals surface area contributed by atoms with Gasteiger partial charge >= 0.3 is 0 Å². The Kier molecular flexibility index (Phi) is 6.31. The van der Waals surface area contributed by atoms with E-state index >= 15 is 0 Å². The van der Waals surface area contributed by atoms with E-state index in [1.807, 2.05) is 0 Å². The third-order valence-electron chi connectivity index (χ3n) is 6.14. The van der Waals surface area contributed by atoms with Gasteiger partial charge in [-0.25, -0.2) is 8.78 Å². The van der Waals surface area contributed by atoms with E-state index in [0.29, 0.717) is 29.9 Å². The van der Waals surface area contributed by atoms with Crippen LogP contribution in [0.25, 0.3) is 11.3 Å².